The number of amides is 1. The second-order valence-corrected chi connectivity index (χ2v) is 8.89. The van der Waals surface area contributed by atoms with Crippen molar-refractivity contribution in [2.75, 3.05) is 6.54 Å². The molecule has 144 valence electrons. The Labute approximate surface area is 157 Å². The van der Waals surface area contributed by atoms with Crippen molar-refractivity contribution in [2.45, 2.75) is 70.5 Å². The Morgan fingerprint density at radius 3 is 2.73 bits per heavy atom. The fourth-order valence-corrected chi connectivity index (χ4v) is 5.09. The van der Waals surface area contributed by atoms with Crippen LogP contribution >= 0.6 is 0 Å². The minimum absolute atomic E-state index is 0.0352. The summed E-state index contributed by atoms with van der Waals surface area (Å²) in [6.07, 6.45) is 4.91. The van der Waals surface area contributed by atoms with E-state index in [0.717, 1.165) is 36.8 Å². The lowest BCUT2D eigenvalue weighted by Gasteiger charge is -2.44. The molecule has 1 amide bonds. The third kappa shape index (κ3) is 3.54. The summed E-state index contributed by atoms with van der Waals surface area (Å²) in [5.74, 6) is 0.224. The van der Waals surface area contributed by atoms with Gasteiger partial charge in [0.1, 0.15) is 11.2 Å². The van der Waals surface area contributed by atoms with E-state index in [4.69, 9.17) is 0 Å². The highest BCUT2D eigenvalue weighted by atomic mass is 16.3. The summed E-state index contributed by atoms with van der Waals surface area (Å²) in [6.45, 7) is 6.40. The first kappa shape index (κ1) is 19.4. The molecule has 2 aliphatic rings. The summed E-state index contributed by atoms with van der Waals surface area (Å²) in [7, 11) is 0. The summed E-state index contributed by atoms with van der Waals surface area (Å²) in [4.78, 5) is 13.0. The van der Waals surface area contributed by atoms with Gasteiger partial charge in [0.25, 0.3) is 5.91 Å². The molecule has 0 saturated heterocycles. The molecule has 1 saturated carbocycles. The summed E-state index contributed by atoms with van der Waals surface area (Å²) in [5, 5.41) is 25.4. The van der Waals surface area contributed by atoms with Gasteiger partial charge in [-0.05, 0) is 61.0 Å². The molecular formula is C22H33NO3. The number of carbonyl (C=O) groups is 1. The predicted octanol–water partition coefficient (Wildman–Crippen LogP) is 3.15. The predicted molar refractivity (Wildman–Crippen MR) is 103 cm³/mol. The van der Waals surface area contributed by atoms with Crippen molar-refractivity contribution in [3.8, 4) is 0 Å². The first-order valence-electron chi connectivity index (χ1n) is 10.1. The van der Waals surface area contributed by atoms with Crippen molar-refractivity contribution in [3.05, 3.63) is 35.4 Å². The summed E-state index contributed by atoms with van der Waals surface area (Å²) < 4.78 is 0. The second-order valence-electron chi connectivity index (χ2n) is 8.89. The van der Waals surface area contributed by atoms with Crippen LogP contribution < -0.4 is 5.32 Å². The van der Waals surface area contributed by atoms with Gasteiger partial charge in [-0.15, -0.1) is 0 Å². The molecule has 1 aromatic rings. The fraction of sp³-hybridized carbons (Fsp3) is 0.682. The molecule has 0 aromatic heterocycles. The van der Waals surface area contributed by atoms with E-state index in [1.165, 1.54) is 0 Å². The largest absolute Gasteiger partial charge is 0.383 e. The van der Waals surface area contributed by atoms with Gasteiger partial charge in [0.15, 0.2) is 0 Å². The zero-order chi connectivity index (χ0) is 18.9. The molecule has 4 heteroatoms. The standard InChI is InChI=1S/C22H33NO3/c1-15(2)18-11-10-16(3)13-22(18,26)20(24)23-14-21(25)12-6-8-17-7-4-5-9-19(17)21/h4-5,7,9,15-16,18,25-26H,6,8,10-14H2,1-3H3,(H,23,24)/t16?,18?,21?,22-/m1/s1. The molecule has 2 aliphatic carbocycles. The highest BCUT2D eigenvalue weighted by Gasteiger charge is 2.49. The van der Waals surface area contributed by atoms with Gasteiger partial charge in [0.05, 0.1) is 6.54 Å². The molecule has 1 aromatic carbocycles. The van der Waals surface area contributed by atoms with Crippen molar-refractivity contribution in [2.24, 2.45) is 17.8 Å². The van der Waals surface area contributed by atoms with Crippen LogP contribution in [0.2, 0.25) is 0 Å². The Hall–Kier alpha value is -1.39. The number of fused-ring (bicyclic) bond motifs is 1. The second kappa shape index (κ2) is 7.32. The Kier molecular flexibility index (Phi) is 5.45. The average Bonchev–Trinajstić information content (AvgIpc) is 2.60. The third-order valence-electron chi connectivity index (χ3n) is 6.54. The monoisotopic (exact) mass is 359 g/mol. The van der Waals surface area contributed by atoms with Crippen LogP contribution in [0.15, 0.2) is 24.3 Å². The van der Waals surface area contributed by atoms with Crippen LogP contribution in [0, 0.1) is 17.8 Å². The smallest absolute Gasteiger partial charge is 0.252 e. The van der Waals surface area contributed by atoms with Gasteiger partial charge in [-0.25, -0.2) is 0 Å². The molecule has 3 rings (SSSR count). The normalized spacial score (nSPS) is 34.4. The third-order valence-corrected chi connectivity index (χ3v) is 6.54. The number of benzene rings is 1. The Balaban J connectivity index is 1.76. The van der Waals surface area contributed by atoms with Crippen LogP contribution in [0.5, 0.6) is 0 Å². The molecule has 1 fully saturated rings. The number of aryl methyl sites for hydroxylation is 1. The lowest BCUT2D eigenvalue weighted by atomic mass is 9.66. The summed E-state index contributed by atoms with van der Waals surface area (Å²) in [5.41, 5.74) is -0.318. The van der Waals surface area contributed by atoms with Crippen LogP contribution in [0.1, 0.15) is 64.0 Å². The van der Waals surface area contributed by atoms with Crippen LogP contribution in [-0.2, 0) is 16.8 Å². The van der Waals surface area contributed by atoms with E-state index in [1.807, 2.05) is 24.3 Å². The molecule has 0 heterocycles. The van der Waals surface area contributed by atoms with E-state index >= 15 is 0 Å². The van der Waals surface area contributed by atoms with Crippen LogP contribution in [0.25, 0.3) is 0 Å². The molecule has 0 spiro atoms. The number of carbonyl (C=O) groups excluding carboxylic acids is 1. The lowest BCUT2D eigenvalue weighted by Crippen LogP contribution is -2.58. The SMILES string of the molecule is CC1CCC(C(C)C)[C@@](O)(C(=O)NCC2(O)CCCc3ccccc32)C1. The molecule has 0 radical (unpaired) electrons. The first-order chi connectivity index (χ1) is 12.3. The minimum atomic E-state index is -1.34. The van der Waals surface area contributed by atoms with Gasteiger partial charge in [-0.1, -0.05) is 51.5 Å². The van der Waals surface area contributed by atoms with Gasteiger partial charge in [0, 0.05) is 0 Å². The van der Waals surface area contributed by atoms with Crippen molar-refractivity contribution in [1.29, 1.82) is 0 Å². The zero-order valence-electron chi connectivity index (χ0n) is 16.3. The van der Waals surface area contributed by atoms with Gasteiger partial charge in [0.2, 0.25) is 0 Å². The van der Waals surface area contributed by atoms with E-state index in [0.29, 0.717) is 18.8 Å². The number of aliphatic hydroxyl groups is 2. The van der Waals surface area contributed by atoms with E-state index in [1.54, 1.807) is 0 Å². The van der Waals surface area contributed by atoms with Gasteiger partial charge < -0.3 is 15.5 Å². The van der Waals surface area contributed by atoms with Gasteiger partial charge in [-0.2, -0.15) is 0 Å². The topological polar surface area (TPSA) is 69.6 Å². The van der Waals surface area contributed by atoms with Crippen molar-refractivity contribution in [3.63, 3.8) is 0 Å². The van der Waals surface area contributed by atoms with E-state index in [9.17, 15) is 15.0 Å². The quantitative estimate of drug-likeness (QED) is 0.773. The highest BCUT2D eigenvalue weighted by molar-refractivity contribution is 5.85. The maximum atomic E-state index is 13.0. The molecule has 4 atom stereocenters. The fourth-order valence-electron chi connectivity index (χ4n) is 5.09. The Morgan fingerprint density at radius 1 is 1.27 bits per heavy atom. The van der Waals surface area contributed by atoms with Crippen molar-refractivity contribution >= 4 is 5.91 Å². The number of hydrogen-bond donors (Lipinski definition) is 3. The maximum Gasteiger partial charge on any atom is 0.252 e. The Bertz CT molecular complexity index is 659. The Morgan fingerprint density at radius 2 is 2.00 bits per heavy atom. The summed E-state index contributed by atoms with van der Waals surface area (Å²) in [6, 6.07) is 7.92. The van der Waals surface area contributed by atoms with Crippen LogP contribution in [0.3, 0.4) is 0 Å². The number of hydrogen-bond acceptors (Lipinski definition) is 3. The van der Waals surface area contributed by atoms with E-state index < -0.39 is 11.2 Å². The first-order valence-corrected chi connectivity index (χ1v) is 10.1. The molecule has 4 nitrogen and oxygen atoms in total. The number of nitrogens with one attached hydrogen (secondary N) is 1. The van der Waals surface area contributed by atoms with E-state index in [-0.39, 0.29) is 24.3 Å². The average molecular weight is 360 g/mol. The molecule has 0 bridgehead atoms. The van der Waals surface area contributed by atoms with Crippen LogP contribution in [0.4, 0.5) is 0 Å². The molecule has 26 heavy (non-hydrogen) atoms. The minimum Gasteiger partial charge on any atom is -0.383 e. The van der Waals surface area contributed by atoms with Crippen molar-refractivity contribution in [1.82, 2.24) is 5.32 Å². The van der Waals surface area contributed by atoms with E-state index in [2.05, 4.69) is 26.1 Å². The van der Waals surface area contributed by atoms with Gasteiger partial charge in [-0.3, -0.25) is 4.79 Å². The van der Waals surface area contributed by atoms with Crippen molar-refractivity contribution < 1.29 is 15.0 Å². The highest BCUT2D eigenvalue weighted by Crippen LogP contribution is 2.41. The van der Waals surface area contributed by atoms with Gasteiger partial charge >= 0.3 is 0 Å². The molecule has 0 aliphatic heterocycles. The molecule has 3 N–H and O–H groups in total. The van der Waals surface area contributed by atoms with Crippen LogP contribution in [-0.4, -0.2) is 28.3 Å². The lowest BCUT2D eigenvalue weighted by molar-refractivity contribution is -0.157. The zero-order valence-corrected chi connectivity index (χ0v) is 16.3. The molecule has 3 unspecified atom stereocenters. The maximum absolute atomic E-state index is 13.0. The summed E-state index contributed by atoms with van der Waals surface area (Å²) >= 11 is 0. The molecular weight excluding hydrogens is 326 g/mol. The number of rotatable bonds is 4.